The smallest absolute Gasteiger partial charge is 0.194 e. The average molecular weight is 230 g/mol. The molecule has 0 unspecified atom stereocenters. The number of aryl methyl sites for hydroxylation is 2. The minimum Gasteiger partial charge on any atom is -0.381 e. The van der Waals surface area contributed by atoms with Crippen LogP contribution in [0, 0.1) is 5.82 Å². The third-order valence-corrected chi connectivity index (χ3v) is 2.43. The van der Waals surface area contributed by atoms with E-state index in [0.717, 1.165) is 0 Å². The molecular weight excluding hydrogens is 221 g/mol. The number of nitrogens with zero attached hydrogens (tertiary/aromatic N) is 4. The van der Waals surface area contributed by atoms with Gasteiger partial charge in [-0.15, -0.1) is 0 Å². The molecule has 0 amide bonds. The first-order chi connectivity index (χ1) is 7.02. The van der Waals surface area contributed by atoms with E-state index in [1.54, 1.807) is 14.1 Å². The maximum atomic E-state index is 13.6. The van der Waals surface area contributed by atoms with Crippen molar-refractivity contribution < 1.29 is 4.39 Å². The van der Waals surface area contributed by atoms with E-state index in [-0.39, 0.29) is 11.5 Å². The molecule has 2 aromatic heterocycles. The number of nitrogen functional groups attached to an aromatic ring is 1. The highest BCUT2D eigenvalue weighted by Crippen LogP contribution is 2.29. The SMILES string of the molecule is Cn1nc(-c2c(Cl)cnn2C)c(F)c1N. The number of hydrogen-bond acceptors (Lipinski definition) is 3. The Balaban J connectivity index is 2.69. The Kier molecular flexibility index (Phi) is 2.15. The van der Waals surface area contributed by atoms with E-state index in [1.165, 1.54) is 15.6 Å². The van der Waals surface area contributed by atoms with Gasteiger partial charge < -0.3 is 5.73 Å². The van der Waals surface area contributed by atoms with Crippen LogP contribution in [0.3, 0.4) is 0 Å². The van der Waals surface area contributed by atoms with E-state index < -0.39 is 5.82 Å². The first-order valence-corrected chi connectivity index (χ1v) is 4.56. The van der Waals surface area contributed by atoms with Crippen molar-refractivity contribution in [1.29, 1.82) is 0 Å². The van der Waals surface area contributed by atoms with Crippen molar-refractivity contribution in [3.05, 3.63) is 17.0 Å². The monoisotopic (exact) mass is 229 g/mol. The number of aromatic nitrogens is 4. The van der Waals surface area contributed by atoms with Crippen molar-refractivity contribution >= 4 is 17.4 Å². The quantitative estimate of drug-likeness (QED) is 0.799. The fourth-order valence-electron chi connectivity index (χ4n) is 1.34. The summed E-state index contributed by atoms with van der Waals surface area (Å²) in [7, 11) is 3.22. The molecule has 0 atom stereocenters. The van der Waals surface area contributed by atoms with Gasteiger partial charge in [0.2, 0.25) is 0 Å². The summed E-state index contributed by atoms with van der Waals surface area (Å²) < 4.78 is 16.3. The standard InChI is InChI=1S/C8H9ClFN5/c1-14-7(4(9)3-12-14)6-5(10)8(11)15(2)13-6/h3H,11H2,1-2H3. The summed E-state index contributed by atoms with van der Waals surface area (Å²) in [6.45, 7) is 0. The Morgan fingerprint density at radius 2 is 2.07 bits per heavy atom. The maximum Gasteiger partial charge on any atom is 0.194 e. The van der Waals surface area contributed by atoms with Crippen molar-refractivity contribution in [2.75, 3.05) is 5.73 Å². The molecule has 2 N–H and O–H groups in total. The predicted octanol–water partition coefficient (Wildman–Crippen LogP) is 1.20. The molecule has 0 radical (unpaired) electrons. The van der Waals surface area contributed by atoms with Crippen LogP contribution >= 0.6 is 11.6 Å². The molecule has 0 aliphatic carbocycles. The molecule has 0 aliphatic rings. The lowest BCUT2D eigenvalue weighted by Crippen LogP contribution is -1.98. The Labute approximate surface area is 90.2 Å². The topological polar surface area (TPSA) is 61.7 Å². The molecule has 0 fully saturated rings. The summed E-state index contributed by atoms with van der Waals surface area (Å²) in [5, 5.41) is 8.19. The number of hydrogen-bond donors (Lipinski definition) is 1. The molecule has 80 valence electrons. The molecule has 15 heavy (non-hydrogen) atoms. The third kappa shape index (κ3) is 1.37. The summed E-state index contributed by atoms with van der Waals surface area (Å²) in [5.74, 6) is -0.606. The fraction of sp³-hybridized carbons (Fsp3) is 0.250. The summed E-state index contributed by atoms with van der Waals surface area (Å²) in [5.41, 5.74) is 5.99. The van der Waals surface area contributed by atoms with E-state index in [9.17, 15) is 4.39 Å². The molecule has 2 heterocycles. The molecule has 5 nitrogen and oxygen atoms in total. The lowest BCUT2D eigenvalue weighted by molar-refractivity contribution is 0.631. The zero-order valence-electron chi connectivity index (χ0n) is 8.20. The Bertz CT molecular complexity index is 496. The highest BCUT2D eigenvalue weighted by atomic mass is 35.5. The highest BCUT2D eigenvalue weighted by Gasteiger charge is 2.20. The van der Waals surface area contributed by atoms with Crippen molar-refractivity contribution in [3.8, 4) is 11.4 Å². The maximum absolute atomic E-state index is 13.6. The van der Waals surface area contributed by atoms with Crippen molar-refractivity contribution in [1.82, 2.24) is 19.6 Å². The van der Waals surface area contributed by atoms with Gasteiger partial charge in [-0.05, 0) is 0 Å². The van der Waals surface area contributed by atoms with Gasteiger partial charge in [-0.25, -0.2) is 9.07 Å². The lowest BCUT2D eigenvalue weighted by Gasteiger charge is -1.97. The van der Waals surface area contributed by atoms with Crippen LogP contribution in [-0.4, -0.2) is 19.6 Å². The lowest BCUT2D eigenvalue weighted by atomic mass is 10.3. The molecule has 2 rings (SSSR count). The first-order valence-electron chi connectivity index (χ1n) is 4.18. The summed E-state index contributed by atoms with van der Waals surface area (Å²) in [6.07, 6.45) is 1.43. The minimum atomic E-state index is -0.581. The number of nitrogens with two attached hydrogens (primary N) is 1. The van der Waals surface area contributed by atoms with Crippen LogP contribution in [0.4, 0.5) is 10.2 Å². The molecule has 2 aromatic rings. The second-order valence-electron chi connectivity index (χ2n) is 3.14. The van der Waals surface area contributed by atoms with Gasteiger partial charge in [0.25, 0.3) is 0 Å². The van der Waals surface area contributed by atoms with Gasteiger partial charge in [-0.3, -0.25) is 4.68 Å². The largest absolute Gasteiger partial charge is 0.381 e. The molecule has 0 aliphatic heterocycles. The van der Waals surface area contributed by atoms with E-state index in [2.05, 4.69) is 10.2 Å². The van der Waals surface area contributed by atoms with Gasteiger partial charge in [-0.2, -0.15) is 10.2 Å². The number of anilines is 1. The first kappa shape index (κ1) is 9.97. The molecule has 0 bridgehead atoms. The zero-order valence-corrected chi connectivity index (χ0v) is 8.96. The summed E-state index contributed by atoms with van der Waals surface area (Å²) in [4.78, 5) is 0. The van der Waals surface area contributed by atoms with Crippen LogP contribution < -0.4 is 5.73 Å². The van der Waals surface area contributed by atoms with Gasteiger partial charge in [0.15, 0.2) is 11.6 Å². The Morgan fingerprint density at radius 1 is 1.40 bits per heavy atom. The van der Waals surface area contributed by atoms with E-state index >= 15 is 0 Å². The Hall–Kier alpha value is -1.56. The second-order valence-corrected chi connectivity index (χ2v) is 3.54. The number of halogens is 2. The van der Waals surface area contributed by atoms with Gasteiger partial charge in [0.1, 0.15) is 11.4 Å². The van der Waals surface area contributed by atoms with E-state index in [1.807, 2.05) is 0 Å². The molecule has 0 aromatic carbocycles. The van der Waals surface area contributed by atoms with Crippen molar-refractivity contribution in [3.63, 3.8) is 0 Å². The molecule has 7 heteroatoms. The van der Waals surface area contributed by atoms with Gasteiger partial charge >= 0.3 is 0 Å². The van der Waals surface area contributed by atoms with Crippen molar-refractivity contribution in [2.45, 2.75) is 0 Å². The fourth-order valence-corrected chi connectivity index (χ4v) is 1.60. The van der Waals surface area contributed by atoms with Gasteiger partial charge in [0.05, 0.1) is 11.2 Å². The highest BCUT2D eigenvalue weighted by molar-refractivity contribution is 6.32. The second kappa shape index (κ2) is 3.23. The van der Waals surface area contributed by atoms with Crippen LogP contribution in [0.5, 0.6) is 0 Å². The number of rotatable bonds is 1. The molecular formula is C8H9ClFN5. The molecule has 0 spiro atoms. The van der Waals surface area contributed by atoms with E-state index in [0.29, 0.717) is 10.7 Å². The predicted molar refractivity (Wildman–Crippen MR) is 54.8 cm³/mol. The summed E-state index contributed by atoms with van der Waals surface area (Å²) in [6, 6.07) is 0. The van der Waals surface area contributed by atoms with Crippen LogP contribution in [0.25, 0.3) is 11.4 Å². The molecule has 0 saturated carbocycles. The van der Waals surface area contributed by atoms with E-state index in [4.69, 9.17) is 17.3 Å². The van der Waals surface area contributed by atoms with Crippen LogP contribution in [-0.2, 0) is 14.1 Å². The van der Waals surface area contributed by atoms with Gasteiger partial charge in [-0.1, -0.05) is 11.6 Å². The normalized spacial score (nSPS) is 10.9. The molecule has 0 saturated heterocycles. The zero-order chi connectivity index (χ0) is 11.2. The Morgan fingerprint density at radius 3 is 2.47 bits per heavy atom. The van der Waals surface area contributed by atoms with Crippen LogP contribution in [0.15, 0.2) is 6.20 Å². The summed E-state index contributed by atoms with van der Waals surface area (Å²) >= 11 is 5.87. The van der Waals surface area contributed by atoms with Gasteiger partial charge in [0, 0.05) is 14.1 Å². The third-order valence-electron chi connectivity index (χ3n) is 2.15. The minimum absolute atomic E-state index is 0.0257. The average Bonchev–Trinajstić information content (AvgIpc) is 2.63. The van der Waals surface area contributed by atoms with Crippen LogP contribution in [0.1, 0.15) is 0 Å². The van der Waals surface area contributed by atoms with Crippen molar-refractivity contribution in [2.24, 2.45) is 14.1 Å². The van der Waals surface area contributed by atoms with Crippen LogP contribution in [0.2, 0.25) is 5.02 Å².